The molecule has 142 valence electrons. The van der Waals surface area contributed by atoms with Gasteiger partial charge in [-0.1, -0.05) is 48.5 Å². The summed E-state index contributed by atoms with van der Waals surface area (Å²) in [5.41, 5.74) is 1.19. The van der Waals surface area contributed by atoms with Gasteiger partial charge >= 0.3 is 6.03 Å². The van der Waals surface area contributed by atoms with E-state index in [2.05, 4.69) is 9.71 Å². The van der Waals surface area contributed by atoms with E-state index in [1.807, 2.05) is 36.4 Å². The summed E-state index contributed by atoms with van der Waals surface area (Å²) in [6, 6.07) is 19.6. The number of sulfonamides is 1. The molecular formula is C21H19N3O3S. The Bertz CT molecular complexity index is 1200. The van der Waals surface area contributed by atoms with Crippen molar-refractivity contribution >= 4 is 38.3 Å². The minimum absolute atomic E-state index is 0.145. The van der Waals surface area contributed by atoms with Gasteiger partial charge in [0.2, 0.25) is 0 Å². The Morgan fingerprint density at radius 2 is 1.68 bits per heavy atom. The van der Waals surface area contributed by atoms with Crippen LogP contribution >= 0.6 is 0 Å². The average Bonchev–Trinajstić information content (AvgIpc) is 2.68. The maximum Gasteiger partial charge on any atom is 0.327 e. The van der Waals surface area contributed by atoms with Crippen LogP contribution in [0.15, 0.2) is 76.0 Å². The SMILES string of the molecule is Cc1ccccc1S(=O)(=O)N=C1CCNC(=O)N1c1ccc2ccccc2c1. The number of carbonyl (C=O) groups is 1. The molecule has 0 aromatic heterocycles. The van der Waals surface area contributed by atoms with Gasteiger partial charge < -0.3 is 5.32 Å². The molecule has 1 N–H and O–H groups in total. The minimum Gasteiger partial charge on any atom is -0.337 e. The lowest BCUT2D eigenvalue weighted by Crippen LogP contribution is -2.50. The highest BCUT2D eigenvalue weighted by molar-refractivity contribution is 7.90. The Labute approximate surface area is 163 Å². The number of urea groups is 1. The number of aryl methyl sites for hydroxylation is 1. The van der Waals surface area contributed by atoms with E-state index in [9.17, 15) is 13.2 Å². The van der Waals surface area contributed by atoms with Gasteiger partial charge in [0, 0.05) is 13.0 Å². The highest BCUT2D eigenvalue weighted by atomic mass is 32.2. The summed E-state index contributed by atoms with van der Waals surface area (Å²) in [6.45, 7) is 2.06. The van der Waals surface area contributed by atoms with Gasteiger partial charge in [0.25, 0.3) is 10.0 Å². The Hall–Kier alpha value is -3.19. The van der Waals surface area contributed by atoms with E-state index < -0.39 is 10.0 Å². The normalized spacial score (nSPS) is 16.4. The third-order valence-corrected chi connectivity index (χ3v) is 6.14. The van der Waals surface area contributed by atoms with Crippen LogP contribution in [0.25, 0.3) is 10.8 Å². The number of benzene rings is 3. The van der Waals surface area contributed by atoms with E-state index in [0.717, 1.165) is 10.8 Å². The van der Waals surface area contributed by atoms with Crippen LogP contribution in [-0.2, 0) is 10.0 Å². The first-order valence-electron chi connectivity index (χ1n) is 8.92. The number of carbonyl (C=O) groups excluding carboxylic acids is 1. The largest absolute Gasteiger partial charge is 0.337 e. The summed E-state index contributed by atoms with van der Waals surface area (Å²) in [7, 11) is -3.93. The van der Waals surface area contributed by atoms with E-state index in [1.54, 1.807) is 31.2 Å². The van der Waals surface area contributed by atoms with Crippen molar-refractivity contribution in [2.75, 3.05) is 11.4 Å². The molecule has 3 aromatic carbocycles. The zero-order valence-electron chi connectivity index (χ0n) is 15.3. The molecule has 7 heteroatoms. The Balaban J connectivity index is 1.81. The monoisotopic (exact) mass is 393 g/mol. The van der Waals surface area contributed by atoms with Crippen LogP contribution in [0.5, 0.6) is 0 Å². The molecule has 3 aromatic rings. The van der Waals surface area contributed by atoms with Crippen molar-refractivity contribution in [3.8, 4) is 0 Å². The van der Waals surface area contributed by atoms with Crippen molar-refractivity contribution in [1.82, 2.24) is 5.32 Å². The topological polar surface area (TPSA) is 78.8 Å². The van der Waals surface area contributed by atoms with E-state index in [-0.39, 0.29) is 16.8 Å². The second-order valence-corrected chi connectivity index (χ2v) is 8.17. The van der Waals surface area contributed by atoms with Gasteiger partial charge in [-0.2, -0.15) is 8.42 Å². The predicted molar refractivity (Wildman–Crippen MR) is 110 cm³/mol. The highest BCUT2D eigenvalue weighted by Gasteiger charge is 2.28. The quantitative estimate of drug-likeness (QED) is 0.734. The Morgan fingerprint density at radius 3 is 2.46 bits per heavy atom. The van der Waals surface area contributed by atoms with E-state index >= 15 is 0 Å². The highest BCUT2D eigenvalue weighted by Crippen LogP contribution is 2.26. The van der Waals surface area contributed by atoms with Gasteiger partial charge in [-0.25, -0.2) is 9.69 Å². The molecule has 28 heavy (non-hydrogen) atoms. The van der Waals surface area contributed by atoms with Crippen LogP contribution in [0.1, 0.15) is 12.0 Å². The van der Waals surface area contributed by atoms with Crippen LogP contribution in [0.4, 0.5) is 10.5 Å². The second kappa shape index (κ2) is 7.09. The lowest BCUT2D eigenvalue weighted by molar-refractivity contribution is 0.248. The van der Waals surface area contributed by atoms with Crippen molar-refractivity contribution in [2.24, 2.45) is 4.40 Å². The zero-order valence-corrected chi connectivity index (χ0v) is 16.1. The number of amides is 2. The second-order valence-electron chi connectivity index (χ2n) is 6.60. The number of rotatable bonds is 3. The van der Waals surface area contributed by atoms with Gasteiger partial charge in [0.1, 0.15) is 5.84 Å². The molecule has 0 bridgehead atoms. The molecule has 2 amide bonds. The fourth-order valence-electron chi connectivity index (χ4n) is 3.29. The van der Waals surface area contributed by atoms with Gasteiger partial charge in [0.15, 0.2) is 0 Å². The molecule has 4 rings (SSSR count). The molecule has 0 atom stereocenters. The predicted octanol–water partition coefficient (Wildman–Crippen LogP) is 3.86. The molecule has 1 saturated heterocycles. The lowest BCUT2D eigenvalue weighted by atomic mass is 10.1. The summed E-state index contributed by atoms with van der Waals surface area (Å²) >= 11 is 0. The van der Waals surface area contributed by atoms with Gasteiger partial charge in [-0.15, -0.1) is 4.40 Å². The minimum atomic E-state index is -3.93. The molecule has 6 nitrogen and oxygen atoms in total. The fourth-order valence-corrected chi connectivity index (χ4v) is 4.57. The number of amidine groups is 1. The zero-order chi connectivity index (χ0) is 19.7. The number of nitrogens with one attached hydrogen (secondary N) is 1. The van der Waals surface area contributed by atoms with E-state index in [4.69, 9.17) is 0 Å². The van der Waals surface area contributed by atoms with E-state index in [0.29, 0.717) is 24.2 Å². The Morgan fingerprint density at radius 1 is 0.964 bits per heavy atom. The third kappa shape index (κ3) is 3.36. The summed E-state index contributed by atoms with van der Waals surface area (Å²) in [5, 5.41) is 4.75. The van der Waals surface area contributed by atoms with Crippen molar-refractivity contribution in [3.05, 3.63) is 72.3 Å². The van der Waals surface area contributed by atoms with Crippen LogP contribution in [0, 0.1) is 6.92 Å². The van der Waals surface area contributed by atoms with Crippen molar-refractivity contribution in [2.45, 2.75) is 18.2 Å². The van der Waals surface area contributed by atoms with Crippen LogP contribution in [-0.4, -0.2) is 26.8 Å². The molecule has 0 unspecified atom stereocenters. The lowest BCUT2D eigenvalue weighted by Gasteiger charge is -2.29. The standard InChI is InChI=1S/C21H19N3O3S/c1-15-6-2-5-9-19(15)28(26,27)23-20-12-13-22-21(25)24(20)18-11-10-16-7-3-4-8-17(16)14-18/h2-11,14H,12-13H2,1H3,(H,22,25). The molecular weight excluding hydrogens is 374 g/mol. The summed E-state index contributed by atoms with van der Waals surface area (Å²) < 4.78 is 29.8. The smallest absolute Gasteiger partial charge is 0.327 e. The number of nitrogens with zero attached hydrogens (tertiary/aromatic N) is 2. The number of hydrogen-bond donors (Lipinski definition) is 1. The fraction of sp³-hybridized carbons (Fsp3) is 0.143. The number of hydrogen-bond acceptors (Lipinski definition) is 3. The summed E-state index contributed by atoms with van der Waals surface area (Å²) in [6.07, 6.45) is 0.323. The first-order chi connectivity index (χ1) is 13.5. The van der Waals surface area contributed by atoms with Crippen LogP contribution in [0.2, 0.25) is 0 Å². The molecule has 0 saturated carbocycles. The van der Waals surface area contributed by atoms with Gasteiger partial charge in [0.05, 0.1) is 10.6 Å². The number of fused-ring (bicyclic) bond motifs is 1. The molecule has 1 fully saturated rings. The molecule has 1 aliphatic heterocycles. The maximum atomic E-state index is 12.9. The first kappa shape index (κ1) is 18.2. The first-order valence-corrected chi connectivity index (χ1v) is 10.4. The molecule has 0 spiro atoms. The van der Waals surface area contributed by atoms with Gasteiger partial charge in [-0.05, 0) is 41.5 Å². The van der Waals surface area contributed by atoms with Crippen molar-refractivity contribution < 1.29 is 13.2 Å². The van der Waals surface area contributed by atoms with Gasteiger partial charge in [-0.3, -0.25) is 0 Å². The third-order valence-electron chi connectivity index (χ3n) is 4.67. The maximum absolute atomic E-state index is 12.9. The Kier molecular flexibility index (Phi) is 4.60. The summed E-state index contributed by atoms with van der Waals surface area (Å²) in [4.78, 5) is 14.1. The van der Waals surface area contributed by atoms with Crippen molar-refractivity contribution in [3.63, 3.8) is 0 Å². The molecule has 1 heterocycles. The average molecular weight is 393 g/mol. The number of anilines is 1. The molecule has 1 aliphatic rings. The molecule has 0 aliphatic carbocycles. The van der Waals surface area contributed by atoms with Crippen LogP contribution < -0.4 is 10.2 Å². The van der Waals surface area contributed by atoms with Crippen LogP contribution in [0.3, 0.4) is 0 Å². The van der Waals surface area contributed by atoms with Crippen molar-refractivity contribution in [1.29, 1.82) is 0 Å². The summed E-state index contributed by atoms with van der Waals surface area (Å²) in [5.74, 6) is 0.210. The molecule has 0 radical (unpaired) electrons. The van der Waals surface area contributed by atoms with E-state index in [1.165, 1.54) is 11.0 Å².